The number of nitrogens with zero attached hydrogens (tertiary/aromatic N) is 2. The van der Waals surface area contributed by atoms with Crippen LogP contribution in [-0.2, 0) is 6.54 Å². The summed E-state index contributed by atoms with van der Waals surface area (Å²) in [6, 6.07) is 12.2. The van der Waals surface area contributed by atoms with Crippen molar-refractivity contribution in [2.24, 2.45) is 5.92 Å². The van der Waals surface area contributed by atoms with Gasteiger partial charge in [-0.25, -0.2) is 4.98 Å². The van der Waals surface area contributed by atoms with Gasteiger partial charge in [0.2, 0.25) is 0 Å². The Labute approximate surface area is 148 Å². The Morgan fingerprint density at radius 2 is 1.96 bits per heavy atom. The van der Waals surface area contributed by atoms with E-state index >= 15 is 0 Å². The minimum atomic E-state index is 0.536. The van der Waals surface area contributed by atoms with E-state index in [0.29, 0.717) is 11.1 Å². The van der Waals surface area contributed by atoms with Gasteiger partial charge in [-0.05, 0) is 61.7 Å². The first kappa shape index (κ1) is 17.1. The van der Waals surface area contributed by atoms with Crippen molar-refractivity contribution in [1.29, 1.82) is 0 Å². The van der Waals surface area contributed by atoms with E-state index in [2.05, 4.69) is 27.3 Å². The second-order valence-corrected chi connectivity index (χ2v) is 6.70. The van der Waals surface area contributed by atoms with Crippen LogP contribution in [0.5, 0.6) is 5.75 Å². The van der Waals surface area contributed by atoms with Gasteiger partial charge in [0.1, 0.15) is 10.9 Å². The molecule has 128 valence electrons. The average Bonchev–Trinajstić information content (AvgIpc) is 2.62. The molecule has 0 saturated carbocycles. The topological polar surface area (TPSA) is 37.4 Å². The van der Waals surface area contributed by atoms with Crippen molar-refractivity contribution in [3.05, 3.63) is 53.3 Å². The number of ether oxygens (including phenoxy) is 1. The third-order valence-corrected chi connectivity index (χ3v) is 4.80. The second-order valence-electron chi connectivity index (χ2n) is 6.32. The Morgan fingerprint density at radius 3 is 2.62 bits per heavy atom. The van der Waals surface area contributed by atoms with Gasteiger partial charge in [-0.3, -0.25) is 4.90 Å². The Morgan fingerprint density at radius 1 is 1.21 bits per heavy atom. The fourth-order valence-electron chi connectivity index (χ4n) is 3.11. The van der Waals surface area contributed by atoms with Crippen LogP contribution in [0.1, 0.15) is 18.4 Å². The standard InChI is InChI=1S/C19H24ClN3O/c1-24-18-4-2-16(3-5-18)14-23-10-7-15(8-11-23)13-22-17-6-9-21-19(20)12-17/h2-6,9,12,15H,7-8,10-11,13-14H2,1H3,(H,21,22). The quantitative estimate of drug-likeness (QED) is 0.801. The van der Waals surface area contributed by atoms with E-state index in [0.717, 1.165) is 37.6 Å². The Bertz CT molecular complexity index is 639. The number of methoxy groups -OCH3 is 1. The maximum atomic E-state index is 5.92. The van der Waals surface area contributed by atoms with Crippen LogP contribution in [0.25, 0.3) is 0 Å². The fraction of sp³-hybridized carbons (Fsp3) is 0.421. The molecule has 1 aliphatic heterocycles. The molecule has 1 aliphatic rings. The van der Waals surface area contributed by atoms with E-state index < -0.39 is 0 Å². The van der Waals surface area contributed by atoms with E-state index in [1.165, 1.54) is 18.4 Å². The van der Waals surface area contributed by atoms with Gasteiger partial charge < -0.3 is 10.1 Å². The van der Waals surface area contributed by atoms with Crippen molar-refractivity contribution in [3.63, 3.8) is 0 Å². The molecule has 0 amide bonds. The van der Waals surface area contributed by atoms with Gasteiger partial charge in [0.05, 0.1) is 7.11 Å². The van der Waals surface area contributed by atoms with E-state index in [9.17, 15) is 0 Å². The Kier molecular flexibility index (Phi) is 5.94. The SMILES string of the molecule is COc1ccc(CN2CCC(CNc3ccnc(Cl)c3)CC2)cc1. The molecule has 0 aliphatic carbocycles. The number of halogens is 1. The van der Waals surface area contributed by atoms with Crippen molar-refractivity contribution >= 4 is 17.3 Å². The smallest absolute Gasteiger partial charge is 0.131 e. The van der Waals surface area contributed by atoms with Crippen LogP contribution in [0.3, 0.4) is 0 Å². The zero-order valence-corrected chi connectivity index (χ0v) is 14.8. The molecule has 0 radical (unpaired) electrons. The Hall–Kier alpha value is -1.78. The van der Waals surface area contributed by atoms with Gasteiger partial charge in [-0.1, -0.05) is 23.7 Å². The van der Waals surface area contributed by atoms with Gasteiger partial charge in [-0.2, -0.15) is 0 Å². The maximum absolute atomic E-state index is 5.92. The predicted molar refractivity (Wildman–Crippen MR) is 98.7 cm³/mol. The summed E-state index contributed by atoms with van der Waals surface area (Å²) >= 11 is 5.92. The fourth-order valence-corrected chi connectivity index (χ4v) is 3.29. The summed E-state index contributed by atoms with van der Waals surface area (Å²) in [5.74, 6) is 1.63. The van der Waals surface area contributed by atoms with Crippen LogP contribution in [0.4, 0.5) is 5.69 Å². The molecule has 1 saturated heterocycles. The number of pyridine rings is 1. The summed E-state index contributed by atoms with van der Waals surface area (Å²) in [6.07, 6.45) is 4.19. The number of aromatic nitrogens is 1. The third kappa shape index (κ3) is 4.86. The molecule has 24 heavy (non-hydrogen) atoms. The van der Waals surface area contributed by atoms with Crippen molar-refractivity contribution in [2.45, 2.75) is 19.4 Å². The van der Waals surface area contributed by atoms with Gasteiger partial charge in [-0.15, -0.1) is 0 Å². The lowest BCUT2D eigenvalue weighted by Gasteiger charge is -2.32. The molecule has 1 aromatic heterocycles. The zero-order valence-electron chi connectivity index (χ0n) is 14.0. The molecule has 1 aromatic carbocycles. The molecular weight excluding hydrogens is 322 g/mol. The molecule has 3 rings (SSSR count). The van der Waals surface area contributed by atoms with Crippen LogP contribution in [0, 0.1) is 5.92 Å². The highest BCUT2D eigenvalue weighted by Gasteiger charge is 2.19. The van der Waals surface area contributed by atoms with E-state index in [4.69, 9.17) is 16.3 Å². The summed E-state index contributed by atoms with van der Waals surface area (Å²) < 4.78 is 5.21. The van der Waals surface area contributed by atoms with Crippen molar-refractivity contribution in [3.8, 4) is 5.75 Å². The summed E-state index contributed by atoms with van der Waals surface area (Å²) in [5, 5.41) is 4.01. The van der Waals surface area contributed by atoms with E-state index in [-0.39, 0.29) is 0 Å². The molecule has 5 heteroatoms. The molecule has 2 aromatic rings. The van der Waals surface area contributed by atoms with Crippen molar-refractivity contribution < 1.29 is 4.74 Å². The number of hydrogen-bond donors (Lipinski definition) is 1. The van der Waals surface area contributed by atoms with Crippen molar-refractivity contribution in [2.75, 3.05) is 32.1 Å². The number of piperidine rings is 1. The summed E-state index contributed by atoms with van der Waals surface area (Å²) in [7, 11) is 1.70. The molecule has 4 nitrogen and oxygen atoms in total. The van der Waals surface area contributed by atoms with Gasteiger partial charge >= 0.3 is 0 Å². The van der Waals surface area contributed by atoms with Crippen LogP contribution >= 0.6 is 11.6 Å². The molecule has 1 fully saturated rings. The first-order valence-corrected chi connectivity index (χ1v) is 8.81. The summed E-state index contributed by atoms with van der Waals surface area (Å²) in [5.41, 5.74) is 2.40. The number of nitrogens with one attached hydrogen (secondary N) is 1. The first-order chi connectivity index (χ1) is 11.7. The van der Waals surface area contributed by atoms with Crippen LogP contribution < -0.4 is 10.1 Å². The largest absolute Gasteiger partial charge is 0.497 e. The maximum Gasteiger partial charge on any atom is 0.131 e. The zero-order chi connectivity index (χ0) is 16.8. The molecule has 0 unspecified atom stereocenters. The average molecular weight is 346 g/mol. The lowest BCUT2D eigenvalue weighted by atomic mass is 9.96. The molecular formula is C19H24ClN3O. The molecule has 2 heterocycles. The molecule has 0 atom stereocenters. The number of benzene rings is 1. The monoisotopic (exact) mass is 345 g/mol. The van der Waals surface area contributed by atoms with Crippen molar-refractivity contribution in [1.82, 2.24) is 9.88 Å². The highest BCUT2D eigenvalue weighted by Crippen LogP contribution is 2.21. The lowest BCUT2D eigenvalue weighted by Crippen LogP contribution is -2.35. The Balaban J connectivity index is 1.42. The van der Waals surface area contributed by atoms with Gasteiger partial charge in [0.15, 0.2) is 0 Å². The first-order valence-electron chi connectivity index (χ1n) is 8.43. The van der Waals surface area contributed by atoms with E-state index in [1.54, 1.807) is 13.3 Å². The molecule has 1 N–H and O–H groups in total. The van der Waals surface area contributed by atoms with E-state index in [1.807, 2.05) is 24.3 Å². The van der Waals surface area contributed by atoms with Crippen LogP contribution in [-0.4, -0.2) is 36.6 Å². The number of likely N-dealkylation sites (tertiary alicyclic amines) is 1. The summed E-state index contributed by atoms with van der Waals surface area (Å²) in [4.78, 5) is 6.54. The minimum Gasteiger partial charge on any atom is -0.497 e. The highest BCUT2D eigenvalue weighted by atomic mass is 35.5. The van der Waals surface area contributed by atoms with Crippen LogP contribution in [0.2, 0.25) is 5.15 Å². The van der Waals surface area contributed by atoms with Crippen LogP contribution in [0.15, 0.2) is 42.6 Å². The number of anilines is 1. The summed E-state index contributed by atoms with van der Waals surface area (Å²) in [6.45, 7) is 4.31. The number of hydrogen-bond acceptors (Lipinski definition) is 4. The number of rotatable bonds is 6. The highest BCUT2D eigenvalue weighted by molar-refractivity contribution is 6.29. The third-order valence-electron chi connectivity index (χ3n) is 4.59. The second kappa shape index (κ2) is 8.36. The van der Waals surface area contributed by atoms with Gasteiger partial charge in [0.25, 0.3) is 0 Å². The van der Waals surface area contributed by atoms with Gasteiger partial charge in [0, 0.05) is 25.0 Å². The lowest BCUT2D eigenvalue weighted by molar-refractivity contribution is 0.182. The minimum absolute atomic E-state index is 0.536. The normalized spacial score (nSPS) is 16.1. The molecule has 0 spiro atoms. The predicted octanol–water partition coefficient (Wildman–Crippen LogP) is 4.07. The molecule has 0 bridgehead atoms.